The first-order chi connectivity index (χ1) is 16.0. The molecule has 0 aliphatic carbocycles. The lowest BCUT2D eigenvalue weighted by molar-refractivity contribution is -0.387. The fourth-order valence-electron chi connectivity index (χ4n) is 3.15. The van der Waals surface area contributed by atoms with E-state index in [-0.39, 0.29) is 26.2 Å². The molecule has 0 radical (unpaired) electrons. The molecule has 34 heavy (non-hydrogen) atoms. The molecule has 0 aromatic heterocycles. The van der Waals surface area contributed by atoms with Gasteiger partial charge in [-0.05, 0) is 51.5 Å². The summed E-state index contributed by atoms with van der Waals surface area (Å²) >= 11 is 0. The summed E-state index contributed by atoms with van der Waals surface area (Å²) in [5.74, 6) is -1.20. The Labute approximate surface area is 198 Å². The van der Waals surface area contributed by atoms with E-state index < -0.39 is 39.6 Å². The number of hydrogen-bond donors (Lipinski definition) is 0. The molecule has 0 spiro atoms. The number of halogens is 1. The van der Waals surface area contributed by atoms with Crippen LogP contribution in [0.3, 0.4) is 0 Å². The quantitative estimate of drug-likeness (QED) is 0.387. The van der Waals surface area contributed by atoms with Gasteiger partial charge in [0.05, 0.1) is 17.6 Å². The number of amides is 2. The van der Waals surface area contributed by atoms with Gasteiger partial charge in [-0.15, -0.1) is 0 Å². The number of likely N-dealkylation sites (N-methyl/N-ethyl adjacent to an activating group) is 1. The summed E-state index contributed by atoms with van der Waals surface area (Å²) in [6.45, 7) is 7.58. The minimum Gasteiger partial charge on any atom is -0.497 e. The van der Waals surface area contributed by atoms with Crippen LogP contribution in [0.5, 0.6) is 5.75 Å². The fraction of sp³-hybridized carbons (Fsp3) is 0.417. The lowest BCUT2D eigenvalue weighted by Gasteiger charge is -2.30. The molecule has 0 aliphatic heterocycles. The van der Waals surface area contributed by atoms with Gasteiger partial charge in [-0.25, -0.2) is 4.79 Å². The molecule has 0 bridgehead atoms. The summed E-state index contributed by atoms with van der Waals surface area (Å²) in [4.78, 5) is 38.7. The molecule has 0 heterocycles. The maximum Gasteiger partial charge on any atom is 0.410 e. The van der Waals surface area contributed by atoms with Crippen molar-refractivity contribution in [3.8, 4) is 5.75 Å². The van der Waals surface area contributed by atoms with Gasteiger partial charge in [0.1, 0.15) is 11.4 Å². The van der Waals surface area contributed by atoms with Gasteiger partial charge in [-0.3, -0.25) is 14.9 Å². The predicted molar refractivity (Wildman–Crippen MR) is 124 cm³/mol. The Balaban J connectivity index is 2.22. The van der Waals surface area contributed by atoms with E-state index in [2.05, 4.69) is 0 Å². The van der Waals surface area contributed by atoms with Gasteiger partial charge in [0.2, 0.25) is 5.82 Å². The molecular weight excluding hydrogens is 445 g/mol. The predicted octanol–water partition coefficient (Wildman–Crippen LogP) is 4.64. The van der Waals surface area contributed by atoms with Crippen molar-refractivity contribution in [1.29, 1.82) is 0 Å². The highest BCUT2D eigenvalue weighted by Crippen LogP contribution is 2.22. The lowest BCUT2D eigenvalue weighted by atomic mass is 10.1. The molecule has 2 amide bonds. The molecule has 0 saturated carbocycles. The fourth-order valence-corrected chi connectivity index (χ4v) is 3.15. The Kier molecular flexibility index (Phi) is 8.94. The maximum atomic E-state index is 14.5. The van der Waals surface area contributed by atoms with E-state index in [1.807, 2.05) is 12.1 Å². The molecule has 9 nitrogen and oxygen atoms in total. The van der Waals surface area contributed by atoms with E-state index in [1.54, 1.807) is 46.9 Å². The smallest absolute Gasteiger partial charge is 0.410 e. The first kappa shape index (κ1) is 26.6. The second-order valence-corrected chi connectivity index (χ2v) is 8.53. The number of nitrogens with zero attached hydrogens (tertiary/aromatic N) is 3. The molecule has 0 atom stereocenters. The second kappa shape index (κ2) is 11.4. The molecule has 0 fully saturated rings. The van der Waals surface area contributed by atoms with Crippen LogP contribution >= 0.6 is 0 Å². The summed E-state index contributed by atoms with van der Waals surface area (Å²) in [6, 6.07) is 10.6. The number of nitro groups is 1. The Morgan fingerprint density at radius 1 is 1.06 bits per heavy atom. The van der Waals surface area contributed by atoms with Crippen LogP contribution in [-0.2, 0) is 11.3 Å². The number of hydrogen-bond acceptors (Lipinski definition) is 6. The number of ether oxygens (including phenoxy) is 2. The number of benzene rings is 2. The zero-order chi connectivity index (χ0) is 25.5. The molecule has 0 saturated heterocycles. The van der Waals surface area contributed by atoms with Crippen LogP contribution < -0.4 is 4.74 Å². The van der Waals surface area contributed by atoms with Crippen LogP contribution in [0.15, 0.2) is 42.5 Å². The molecule has 2 aromatic carbocycles. The van der Waals surface area contributed by atoms with Gasteiger partial charge in [0, 0.05) is 32.2 Å². The van der Waals surface area contributed by atoms with Crippen LogP contribution in [0.2, 0.25) is 0 Å². The van der Waals surface area contributed by atoms with E-state index in [4.69, 9.17) is 9.47 Å². The number of nitro benzene ring substituents is 1. The van der Waals surface area contributed by atoms with Crippen molar-refractivity contribution in [2.24, 2.45) is 0 Å². The normalized spacial score (nSPS) is 11.0. The van der Waals surface area contributed by atoms with Crippen molar-refractivity contribution in [1.82, 2.24) is 9.80 Å². The van der Waals surface area contributed by atoms with E-state index >= 15 is 0 Å². The summed E-state index contributed by atoms with van der Waals surface area (Å²) < 4.78 is 25.2. The zero-order valence-corrected chi connectivity index (χ0v) is 20.0. The maximum absolute atomic E-state index is 14.5. The molecule has 0 N–H and O–H groups in total. The van der Waals surface area contributed by atoms with Crippen molar-refractivity contribution in [2.45, 2.75) is 39.8 Å². The highest BCUT2D eigenvalue weighted by Gasteiger charge is 2.27. The zero-order valence-electron chi connectivity index (χ0n) is 20.0. The Bertz CT molecular complexity index is 1020. The Morgan fingerprint density at radius 2 is 1.68 bits per heavy atom. The Morgan fingerprint density at radius 3 is 2.21 bits per heavy atom. The Hall–Kier alpha value is -3.69. The van der Waals surface area contributed by atoms with Gasteiger partial charge in [-0.2, -0.15) is 4.39 Å². The minimum atomic E-state index is -1.18. The molecular formula is C24H30FN3O6. The van der Waals surface area contributed by atoms with E-state index in [9.17, 15) is 24.1 Å². The number of carbonyl (C=O) groups excluding carboxylic acids is 2. The molecule has 0 aliphatic rings. The van der Waals surface area contributed by atoms with Crippen molar-refractivity contribution in [3.63, 3.8) is 0 Å². The van der Waals surface area contributed by atoms with Crippen LogP contribution in [0.25, 0.3) is 0 Å². The molecule has 184 valence electrons. The average molecular weight is 476 g/mol. The van der Waals surface area contributed by atoms with Gasteiger partial charge in [0.15, 0.2) is 0 Å². The first-order valence-electron chi connectivity index (χ1n) is 10.8. The van der Waals surface area contributed by atoms with E-state index in [1.165, 1.54) is 21.9 Å². The molecule has 0 unspecified atom stereocenters. The largest absolute Gasteiger partial charge is 0.497 e. The second-order valence-electron chi connectivity index (χ2n) is 8.53. The summed E-state index contributed by atoms with van der Waals surface area (Å²) in [7, 11) is 1.56. The van der Waals surface area contributed by atoms with E-state index in [0.29, 0.717) is 5.75 Å². The summed E-state index contributed by atoms with van der Waals surface area (Å²) in [6.07, 6.45) is -0.562. The molecule has 2 aromatic rings. The van der Waals surface area contributed by atoms with E-state index in [0.717, 1.165) is 11.6 Å². The monoisotopic (exact) mass is 475 g/mol. The van der Waals surface area contributed by atoms with Crippen molar-refractivity contribution >= 4 is 17.7 Å². The molecule has 10 heteroatoms. The number of rotatable bonds is 9. The third-order valence-electron chi connectivity index (χ3n) is 4.90. The van der Waals surface area contributed by atoms with Crippen LogP contribution in [0, 0.1) is 15.9 Å². The standard InChI is InChI=1S/C24H30FN3O6/c1-6-26(22(29)19-8-7-9-20(21(19)25)28(31)32)14-15-27(23(30)34-24(2,3)4)16-17-10-12-18(33-5)13-11-17/h7-13H,6,14-16H2,1-5H3. The lowest BCUT2D eigenvalue weighted by Crippen LogP contribution is -2.43. The van der Waals surface area contributed by atoms with Gasteiger partial charge >= 0.3 is 11.8 Å². The highest BCUT2D eigenvalue weighted by atomic mass is 19.1. The summed E-state index contributed by atoms with van der Waals surface area (Å²) in [5, 5.41) is 11.0. The van der Waals surface area contributed by atoms with Gasteiger partial charge in [-0.1, -0.05) is 18.2 Å². The third kappa shape index (κ3) is 7.16. The van der Waals surface area contributed by atoms with Crippen LogP contribution in [-0.4, -0.2) is 59.1 Å². The molecule has 2 rings (SSSR count). The number of methoxy groups -OCH3 is 1. The average Bonchev–Trinajstić information content (AvgIpc) is 2.77. The van der Waals surface area contributed by atoms with Crippen molar-refractivity contribution in [3.05, 3.63) is 69.5 Å². The SMILES string of the molecule is CCN(CCN(Cc1ccc(OC)cc1)C(=O)OC(C)(C)C)C(=O)c1cccc([N+](=O)[O-])c1F. The minimum absolute atomic E-state index is 0.0763. The van der Waals surface area contributed by atoms with Crippen LogP contribution in [0.1, 0.15) is 43.6 Å². The van der Waals surface area contributed by atoms with Crippen molar-refractivity contribution < 1.29 is 28.4 Å². The third-order valence-corrected chi connectivity index (χ3v) is 4.90. The first-order valence-corrected chi connectivity index (χ1v) is 10.8. The van der Waals surface area contributed by atoms with Crippen molar-refractivity contribution in [2.75, 3.05) is 26.7 Å². The van der Waals surface area contributed by atoms with Gasteiger partial charge in [0.25, 0.3) is 5.91 Å². The highest BCUT2D eigenvalue weighted by molar-refractivity contribution is 5.95. The topological polar surface area (TPSA) is 102 Å². The van der Waals surface area contributed by atoms with Gasteiger partial charge < -0.3 is 19.3 Å². The number of carbonyl (C=O) groups is 2. The van der Waals surface area contributed by atoms with Crippen LogP contribution in [0.4, 0.5) is 14.9 Å². The summed E-state index contributed by atoms with van der Waals surface area (Å²) in [5.41, 5.74) is -1.06.